The summed E-state index contributed by atoms with van der Waals surface area (Å²) in [7, 11) is 0. The van der Waals surface area contributed by atoms with Gasteiger partial charge in [-0.15, -0.1) is 23.2 Å². The zero-order chi connectivity index (χ0) is 16.6. The molecule has 0 aliphatic heterocycles. The third kappa shape index (κ3) is 3.64. The van der Waals surface area contributed by atoms with E-state index in [4.69, 9.17) is 23.2 Å². The molecule has 3 rings (SSSR count). The maximum absolute atomic E-state index is 13.4. The van der Waals surface area contributed by atoms with Crippen LogP contribution in [0, 0.1) is 5.82 Å². The third-order valence-electron chi connectivity index (χ3n) is 4.14. The van der Waals surface area contributed by atoms with Crippen molar-refractivity contribution in [2.75, 3.05) is 18.0 Å². The fourth-order valence-corrected chi connectivity index (χ4v) is 3.59. The van der Waals surface area contributed by atoms with Gasteiger partial charge < -0.3 is 4.90 Å². The second-order valence-electron chi connectivity index (χ2n) is 6.29. The van der Waals surface area contributed by atoms with Crippen molar-refractivity contribution in [3.8, 4) is 11.1 Å². The van der Waals surface area contributed by atoms with Gasteiger partial charge in [-0.1, -0.05) is 12.1 Å². The van der Waals surface area contributed by atoms with Gasteiger partial charge >= 0.3 is 0 Å². The van der Waals surface area contributed by atoms with Crippen molar-refractivity contribution < 1.29 is 4.39 Å². The summed E-state index contributed by atoms with van der Waals surface area (Å²) in [5, 5.41) is 0.0925. The number of hydrogen-bond donors (Lipinski definition) is 0. The Morgan fingerprint density at radius 2 is 1.52 bits per heavy atom. The van der Waals surface area contributed by atoms with E-state index in [0.717, 1.165) is 36.3 Å². The summed E-state index contributed by atoms with van der Waals surface area (Å²) < 4.78 is 13.4. The molecular formula is C19H20Cl2FN. The molecule has 0 fully saturated rings. The highest BCUT2D eigenvalue weighted by Crippen LogP contribution is 2.38. The predicted octanol–water partition coefficient (Wildman–Crippen LogP) is 5.46. The van der Waals surface area contributed by atoms with Gasteiger partial charge in [0.05, 0.1) is 0 Å². The normalized spacial score (nSPS) is 15.0. The van der Waals surface area contributed by atoms with Gasteiger partial charge in [-0.05, 0) is 66.8 Å². The van der Waals surface area contributed by atoms with Crippen LogP contribution in [0.15, 0.2) is 36.4 Å². The lowest BCUT2D eigenvalue weighted by Crippen LogP contribution is -2.33. The van der Waals surface area contributed by atoms with E-state index in [0.29, 0.717) is 0 Å². The molecule has 2 aromatic rings. The zero-order valence-corrected chi connectivity index (χ0v) is 14.8. The molecule has 1 aliphatic rings. The summed E-state index contributed by atoms with van der Waals surface area (Å²) in [6.07, 6.45) is 0.775. The molecule has 0 N–H and O–H groups in total. The van der Waals surface area contributed by atoms with Gasteiger partial charge in [0.15, 0.2) is 0 Å². The number of rotatable bonds is 5. The van der Waals surface area contributed by atoms with E-state index in [1.807, 2.05) is 19.9 Å². The smallest absolute Gasteiger partial charge is 0.123 e. The molecule has 0 radical (unpaired) electrons. The average Bonchev–Trinajstić information content (AvgIpc) is 2.81. The predicted molar refractivity (Wildman–Crippen MR) is 97.5 cm³/mol. The van der Waals surface area contributed by atoms with Crippen LogP contribution in [0.5, 0.6) is 0 Å². The number of alkyl halides is 2. The van der Waals surface area contributed by atoms with Crippen LogP contribution in [-0.2, 0) is 6.42 Å². The molecule has 0 bridgehead atoms. The highest BCUT2D eigenvalue weighted by Gasteiger charge is 2.21. The standard InChI is InChI=1S/C19H20Cl2FN/c1-12(20)10-23(11-13(2)21)17-4-6-19-15(9-17)7-14-8-16(22)3-5-18(14)19/h3-6,8-9,12-13H,7,10-11H2,1-2H3/t12-,13+. The fraction of sp³-hybridized carbons (Fsp3) is 0.368. The molecule has 0 amide bonds. The number of anilines is 1. The van der Waals surface area contributed by atoms with Gasteiger partial charge in [-0.3, -0.25) is 0 Å². The van der Waals surface area contributed by atoms with Crippen molar-refractivity contribution in [2.24, 2.45) is 0 Å². The van der Waals surface area contributed by atoms with Gasteiger partial charge in [-0.2, -0.15) is 0 Å². The highest BCUT2D eigenvalue weighted by molar-refractivity contribution is 6.21. The molecule has 23 heavy (non-hydrogen) atoms. The third-order valence-corrected chi connectivity index (χ3v) is 4.41. The number of nitrogens with zero attached hydrogens (tertiary/aromatic N) is 1. The van der Waals surface area contributed by atoms with E-state index in [-0.39, 0.29) is 16.6 Å². The first-order valence-electron chi connectivity index (χ1n) is 7.89. The Bertz CT molecular complexity index is 703. The van der Waals surface area contributed by atoms with Crippen LogP contribution >= 0.6 is 23.2 Å². The summed E-state index contributed by atoms with van der Waals surface area (Å²) in [6, 6.07) is 11.4. The van der Waals surface area contributed by atoms with Gasteiger partial charge in [0.1, 0.15) is 5.82 Å². The number of benzene rings is 2. The molecule has 0 spiro atoms. The lowest BCUT2D eigenvalue weighted by Gasteiger charge is -2.27. The van der Waals surface area contributed by atoms with E-state index < -0.39 is 0 Å². The van der Waals surface area contributed by atoms with E-state index in [2.05, 4.69) is 23.1 Å². The van der Waals surface area contributed by atoms with Gasteiger partial charge in [0.25, 0.3) is 0 Å². The van der Waals surface area contributed by atoms with Crippen molar-refractivity contribution in [2.45, 2.75) is 31.0 Å². The molecule has 0 aromatic heterocycles. The minimum Gasteiger partial charge on any atom is -0.369 e. The van der Waals surface area contributed by atoms with Gasteiger partial charge in [0.2, 0.25) is 0 Å². The molecule has 4 heteroatoms. The van der Waals surface area contributed by atoms with Crippen LogP contribution in [0.2, 0.25) is 0 Å². The van der Waals surface area contributed by atoms with Crippen LogP contribution in [0.3, 0.4) is 0 Å². The molecular weight excluding hydrogens is 332 g/mol. The lowest BCUT2D eigenvalue weighted by atomic mass is 10.0. The second-order valence-corrected chi connectivity index (χ2v) is 7.78. The molecule has 122 valence electrons. The molecule has 0 unspecified atom stereocenters. The Hall–Kier alpha value is -1.25. The Morgan fingerprint density at radius 3 is 2.13 bits per heavy atom. The van der Waals surface area contributed by atoms with Crippen LogP contribution in [0.25, 0.3) is 11.1 Å². The Balaban J connectivity index is 1.92. The van der Waals surface area contributed by atoms with E-state index >= 15 is 0 Å². The molecule has 1 nitrogen and oxygen atoms in total. The number of hydrogen-bond acceptors (Lipinski definition) is 1. The largest absolute Gasteiger partial charge is 0.369 e. The highest BCUT2D eigenvalue weighted by atomic mass is 35.5. The van der Waals surface area contributed by atoms with Crippen molar-refractivity contribution in [3.05, 3.63) is 53.3 Å². The molecule has 2 atom stereocenters. The van der Waals surface area contributed by atoms with Crippen LogP contribution in [-0.4, -0.2) is 23.8 Å². The molecule has 2 aromatic carbocycles. The number of halogens is 3. The summed E-state index contributed by atoms with van der Waals surface area (Å²) in [4.78, 5) is 2.22. The Morgan fingerprint density at radius 1 is 0.957 bits per heavy atom. The first-order chi connectivity index (χ1) is 10.9. The van der Waals surface area contributed by atoms with Gasteiger partial charge in [-0.25, -0.2) is 4.39 Å². The monoisotopic (exact) mass is 351 g/mol. The van der Waals surface area contributed by atoms with Crippen molar-refractivity contribution in [1.82, 2.24) is 0 Å². The zero-order valence-electron chi connectivity index (χ0n) is 13.3. The van der Waals surface area contributed by atoms with Crippen molar-refractivity contribution >= 4 is 28.9 Å². The topological polar surface area (TPSA) is 3.24 Å². The first kappa shape index (κ1) is 16.6. The fourth-order valence-electron chi connectivity index (χ4n) is 3.26. The summed E-state index contributed by atoms with van der Waals surface area (Å²) in [5.41, 5.74) is 5.74. The Labute approximate surface area is 147 Å². The molecule has 1 aliphatic carbocycles. The van der Waals surface area contributed by atoms with Crippen LogP contribution in [0.1, 0.15) is 25.0 Å². The molecule has 0 saturated carbocycles. The number of fused-ring (bicyclic) bond motifs is 3. The van der Waals surface area contributed by atoms with E-state index in [1.54, 1.807) is 6.07 Å². The summed E-state index contributed by atoms with van der Waals surface area (Å²) in [6.45, 7) is 5.47. The molecule has 0 saturated heterocycles. The van der Waals surface area contributed by atoms with Crippen LogP contribution < -0.4 is 4.90 Å². The maximum atomic E-state index is 13.4. The summed E-state index contributed by atoms with van der Waals surface area (Å²) >= 11 is 12.4. The van der Waals surface area contributed by atoms with Crippen LogP contribution in [0.4, 0.5) is 10.1 Å². The SMILES string of the molecule is C[C@H](Cl)CN(C[C@@H](C)Cl)c1ccc2c(c1)Cc1cc(F)ccc1-2. The average molecular weight is 352 g/mol. The molecule has 0 heterocycles. The van der Waals surface area contributed by atoms with Crippen molar-refractivity contribution in [1.29, 1.82) is 0 Å². The maximum Gasteiger partial charge on any atom is 0.123 e. The van der Waals surface area contributed by atoms with Crippen molar-refractivity contribution in [3.63, 3.8) is 0 Å². The lowest BCUT2D eigenvalue weighted by molar-refractivity contribution is 0.626. The van der Waals surface area contributed by atoms with Gasteiger partial charge in [0, 0.05) is 29.5 Å². The van der Waals surface area contributed by atoms with E-state index in [9.17, 15) is 4.39 Å². The minimum absolute atomic E-state index is 0.0463. The first-order valence-corrected chi connectivity index (χ1v) is 8.76. The summed E-state index contributed by atoms with van der Waals surface area (Å²) in [5.74, 6) is -0.176. The second kappa shape index (κ2) is 6.70. The quantitative estimate of drug-likeness (QED) is 0.551. The Kier molecular flexibility index (Phi) is 4.84. The minimum atomic E-state index is -0.176. The van der Waals surface area contributed by atoms with E-state index in [1.165, 1.54) is 17.2 Å².